The lowest BCUT2D eigenvalue weighted by Crippen LogP contribution is -2.54. The zero-order chi connectivity index (χ0) is 27.8. The van der Waals surface area contributed by atoms with Gasteiger partial charge in [-0.3, -0.25) is 44.2 Å². The number of anilines is 1. The van der Waals surface area contributed by atoms with Crippen LogP contribution in [0.4, 0.5) is 11.4 Å². The molecule has 3 heterocycles. The number of carbonyl (C=O) groups is 4. The van der Waals surface area contributed by atoms with Crippen molar-refractivity contribution in [3.63, 3.8) is 0 Å². The Morgan fingerprint density at radius 3 is 2.44 bits per heavy atom. The zero-order valence-corrected chi connectivity index (χ0v) is 21.0. The Kier molecular flexibility index (Phi) is 9.30. The third kappa shape index (κ3) is 6.81. The molecule has 0 bridgehead atoms. The maximum atomic E-state index is 13.1. The van der Waals surface area contributed by atoms with Crippen molar-refractivity contribution in [2.45, 2.75) is 25.4 Å². The van der Waals surface area contributed by atoms with E-state index >= 15 is 0 Å². The molecule has 39 heavy (non-hydrogen) atoms. The van der Waals surface area contributed by atoms with E-state index < -0.39 is 34.6 Å². The summed E-state index contributed by atoms with van der Waals surface area (Å²) in [6.07, 6.45) is 2.68. The molecule has 2 aliphatic rings. The molecule has 2 aliphatic heterocycles. The second kappa shape index (κ2) is 13.0. The smallest absolute Gasteiger partial charge is 0.306 e. The van der Waals surface area contributed by atoms with E-state index in [0.29, 0.717) is 58.4 Å². The highest BCUT2D eigenvalue weighted by Crippen LogP contribution is 2.32. The number of fused-ring (bicyclic) bond motifs is 1. The lowest BCUT2D eigenvalue weighted by atomic mass is 10.0. The number of amides is 4. The van der Waals surface area contributed by atoms with Gasteiger partial charge in [0.05, 0.1) is 62.2 Å². The molecule has 0 radical (unpaired) electrons. The monoisotopic (exact) mass is 544 g/mol. The minimum absolute atomic E-state index is 0.0591. The van der Waals surface area contributed by atoms with Crippen LogP contribution in [0.15, 0.2) is 30.6 Å². The maximum Gasteiger partial charge on any atom is 0.306 e. The van der Waals surface area contributed by atoms with Crippen molar-refractivity contribution in [2.75, 3.05) is 51.5 Å². The largest absolute Gasteiger partial charge is 0.382 e. The van der Waals surface area contributed by atoms with Crippen LogP contribution in [0.1, 0.15) is 33.6 Å². The van der Waals surface area contributed by atoms with Gasteiger partial charge in [-0.1, -0.05) is 6.07 Å². The molecule has 15 nitrogen and oxygen atoms in total. The Morgan fingerprint density at radius 2 is 1.74 bits per heavy atom. The fraction of sp³-hybridized carbons (Fsp3) is 0.458. The molecule has 2 N–H and O–H groups in total. The summed E-state index contributed by atoms with van der Waals surface area (Å²) >= 11 is 0. The first-order valence-corrected chi connectivity index (χ1v) is 12.4. The van der Waals surface area contributed by atoms with Crippen LogP contribution in [0.3, 0.4) is 0 Å². The van der Waals surface area contributed by atoms with Crippen molar-refractivity contribution in [3.05, 3.63) is 51.8 Å². The summed E-state index contributed by atoms with van der Waals surface area (Å²) in [5.41, 5.74) is 0.794. The van der Waals surface area contributed by atoms with Crippen LogP contribution in [-0.4, -0.2) is 95.5 Å². The van der Waals surface area contributed by atoms with Crippen LogP contribution >= 0.6 is 0 Å². The molecule has 0 aliphatic carbocycles. The SMILES string of the molecule is O=C1CCC(N2C(=O)c3cccc(NCCOCCOCCOCCn4cc([N+](=O)[O-])cn4)c3C2=O)C(=O)N1. The molecular weight excluding hydrogens is 516 g/mol. The third-order valence-electron chi connectivity index (χ3n) is 6.07. The molecule has 1 unspecified atom stereocenters. The molecule has 4 rings (SSSR count). The third-order valence-corrected chi connectivity index (χ3v) is 6.07. The minimum Gasteiger partial charge on any atom is -0.382 e. The van der Waals surface area contributed by atoms with E-state index in [1.54, 1.807) is 12.1 Å². The average molecular weight is 545 g/mol. The van der Waals surface area contributed by atoms with Gasteiger partial charge in [-0.25, -0.2) is 0 Å². The molecule has 0 spiro atoms. The molecule has 1 fully saturated rings. The lowest BCUT2D eigenvalue weighted by Gasteiger charge is -2.27. The van der Waals surface area contributed by atoms with Gasteiger partial charge in [-0.15, -0.1) is 0 Å². The molecule has 1 aromatic carbocycles. The molecule has 1 aromatic heterocycles. The Hall–Kier alpha value is -4.21. The van der Waals surface area contributed by atoms with Crippen LogP contribution < -0.4 is 10.6 Å². The number of nitrogens with one attached hydrogen (secondary N) is 2. The highest BCUT2D eigenvalue weighted by atomic mass is 16.6. The van der Waals surface area contributed by atoms with Gasteiger partial charge in [0.1, 0.15) is 18.4 Å². The first kappa shape index (κ1) is 27.8. The Morgan fingerprint density at radius 1 is 1.03 bits per heavy atom. The van der Waals surface area contributed by atoms with E-state index in [1.807, 2.05) is 0 Å². The summed E-state index contributed by atoms with van der Waals surface area (Å²) in [4.78, 5) is 60.7. The van der Waals surface area contributed by atoms with Crippen molar-refractivity contribution in [1.82, 2.24) is 20.0 Å². The highest BCUT2D eigenvalue weighted by Gasteiger charge is 2.45. The Bertz CT molecular complexity index is 1250. The molecule has 15 heteroatoms. The average Bonchev–Trinajstić information content (AvgIpc) is 3.48. The van der Waals surface area contributed by atoms with Crippen molar-refractivity contribution in [1.29, 1.82) is 0 Å². The molecular formula is C24H28N6O9. The normalized spacial score (nSPS) is 16.9. The molecule has 208 valence electrons. The number of carbonyl (C=O) groups excluding carboxylic acids is 4. The van der Waals surface area contributed by atoms with Gasteiger partial charge in [-0.2, -0.15) is 5.10 Å². The number of imide groups is 2. The van der Waals surface area contributed by atoms with E-state index in [9.17, 15) is 29.3 Å². The van der Waals surface area contributed by atoms with Crippen molar-refractivity contribution in [3.8, 4) is 0 Å². The van der Waals surface area contributed by atoms with Gasteiger partial charge in [0.2, 0.25) is 11.8 Å². The summed E-state index contributed by atoms with van der Waals surface area (Å²) in [6.45, 7) is 2.82. The fourth-order valence-electron chi connectivity index (χ4n) is 4.19. The van der Waals surface area contributed by atoms with E-state index in [2.05, 4.69) is 15.7 Å². The van der Waals surface area contributed by atoms with E-state index in [0.717, 1.165) is 4.90 Å². The standard InChI is InChI=1S/C24H28N6O9/c31-20-5-4-19(22(32)27-20)29-23(33)17-2-1-3-18(21(17)24(29)34)25-6-8-37-10-12-39-13-11-38-9-7-28-15-16(14-26-28)30(35)36/h1-3,14-15,19,25H,4-13H2,(H,27,31,32). The number of hydrogen-bond donors (Lipinski definition) is 2. The molecule has 2 aromatic rings. The van der Waals surface area contributed by atoms with Crippen molar-refractivity contribution in [2.24, 2.45) is 0 Å². The lowest BCUT2D eigenvalue weighted by molar-refractivity contribution is -0.385. The van der Waals surface area contributed by atoms with Gasteiger partial charge in [0, 0.05) is 18.7 Å². The van der Waals surface area contributed by atoms with Gasteiger partial charge >= 0.3 is 5.69 Å². The van der Waals surface area contributed by atoms with Gasteiger partial charge in [0.15, 0.2) is 0 Å². The summed E-state index contributed by atoms with van der Waals surface area (Å²) in [5.74, 6) is -2.21. The van der Waals surface area contributed by atoms with Gasteiger partial charge in [0.25, 0.3) is 11.8 Å². The number of nitrogens with zero attached hydrogens (tertiary/aromatic N) is 4. The van der Waals surface area contributed by atoms with Gasteiger partial charge in [-0.05, 0) is 18.6 Å². The Labute approximate surface area is 222 Å². The number of rotatable bonds is 15. The molecule has 4 amide bonds. The summed E-state index contributed by atoms with van der Waals surface area (Å²) in [7, 11) is 0. The van der Waals surface area contributed by atoms with Crippen LogP contribution in [-0.2, 0) is 30.3 Å². The molecule has 1 saturated heterocycles. The van der Waals surface area contributed by atoms with Crippen molar-refractivity contribution >= 4 is 35.0 Å². The maximum absolute atomic E-state index is 13.1. The fourth-order valence-corrected chi connectivity index (χ4v) is 4.19. The number of hydrogen-bond acceptors (Lipinski definition) is 11. The minimum atomic E-state index is -1.02. The second-order valence-electron chi connectivity index (χ2n) is 8.66. The topological polar surface area (TPSA) is 184 Å². The van der Waals surface area contributed by atoms with Crippen LogP contribution in [0.25, 0.3) is 0 Å². The zero-order valence-electron chi connectivity index (χ0n) is 21.0. The predicted molar refractivity (Wildman–Crippen MR) is 133 cm³/mol. The number of aromatic nitrogens is 2. The van der Waals surface area contributed by atoms with Crippen LogP contribution in [0.2, 0.25) is 0 Å². The van der Waals surface area contributed by atoms with E-state index in [1.165, 1.54) is 23.1 Å². The first-order valence-electron chi connectivity index (χ1n) is 12.4. The van der Waals surface area contributed by atoms with Crippen molar-refractivity contribution < 1.29 is 38.3 Å². The van der Waals surface area contributed by atoms with Gasteiger partial charge < -0.3 is 19.5 Å². The summed E-state index contributed by atoms with van der Waals surface area (Å²) in [5, 5.41) is 19.8. The number of nitro groups is 1. The Balaban J connectivity index is 1.10. The van der Waals surface area contributed by atoms with Crippen LogP contribution in [0.5, 0.6) is 0 Å². The summed E-state index contributed by atoms with van der Waals surface area (Å²) in [6, 6.07) is 3.84. The number of ether oxygens (including phenoxy) is 3. The quantitative estimate of drug-likeness (QED) is 0.136. The van der Waals surface area contributed by atoms with E-state index in [4.69, 9.17) is 14.2 Å². The molecule has 0 saturated carbocycles. The number of piperidine rings is 1. The molecule has 1 atom stereocenters. The highest BCUT2D eigenvalue weighted by molar-refractivity contribution is 6.25. The predicted octanol–water partition coefficient (Wildman–Crippen LogP) is 0.354. The number of benzene rings is 1. The summed E-state index contributed by atoms with van der Waals surface area (Å²) < 4.78 is 17.8. The first-order chi connectivity index (χ1) is 18.9. The van der Waals surface area contributed by atoms with E-state index in [-0.39, 0.29) is 29.7 Å². The van der Waals surface area contributed by atoms with Crippen LogP contribution in [0, 0.1) is 10.1 Å². The second-order valence-corrected chi connectivity index (χ2v) is 8.66.